The van der Waals surface area contributed by atoms with Gasteiger partial charge in [-0.15, -0.1) is 23.2 Å². The molecule has 0 heterocycles. The van der Waals surface area contributed by atoms with Gasteiger partial charge in [0.15, 0.2) is 0 Å². The first-order chi connectivity index (χ1) is 8.88. The molecular weight excluding hydrogens is 330 g/mol. The lowest BCUT2D eigenvalue weighted by molar-refractivity contribution is -0.113. The van der Waals surface area contributed by atoms with Crippen LogP contribution in [-0.4, -0.2) is 21.2 Å². The van der Waals surface area contributed by atoms with Gasteiger partial charge in [-0.05, 0) is 67.1 Å². The van der Waals surface area contributed by atoms with Crippen molar-refractivity contribution >= 4 is 56.9 Å². The highest BCUT2D eigenvalue weighted by atomic mass is 35.5. The molecule has 0 amide bonds. The second kappa shape index (κ2) is 8.71. The molecule has 0 saturated heterocycles. The number of hydrogen-bond acceptors (Lipinski definition) is 2. The first-order valence-electron chi connectivity index (χ1n) is 6.53. The summed E-state index contributed by atoms with van der Waals surface area (Å²) in [5, 5.41) is 0.0792. The Balaban J connectivity index is 0.000000200. The second-order valence-corrected chi connectivity index (χ2v) is 7.27. The average Bonchev–Trinajstić information content (AvgIpc) is 2.97. The summed E-state index contributed by atoms with van der Waals surface area (Å²) in [4.78, 5) is 20.7. The van der Waals surface area contributed by atoms with E-state index in [1.165, 1.54) is 0 Å². The molecule has 2 atom stereocenters. The van der Waals surface area contributed by atoms with Crippen molar-refractivity contribution in [1.29, 1.82) is 0 Å². The molecule has 0 bridgehead atoms. The predicted octanol–water partition coefficient (Wildman–Crippen LogP) is 4.71. The van der Waals surface area contributed by atoms with E-state index >= 15 is 0 Å². The van der Waals surface area contributed by atoms with Crippen molar-refractivity contribution in [2.24, 2.45) is 11.8 Å². The molecule has 110 valence electrons. The van der Waals surface area contributed by atoms with Crippen molar-refractivity contribution in [2.75, 3.05) is 0 Å². The zero-order valence-electron chi connectivity index (χ0n) is 10.6. The molecule has 2 unspecified atom stereocenters. The fraction of sp³-hybridized carbons (Fsp3) is 0.846. The van der Waals surface area contributed by atoms with Gasteiger partial charge >= 0.3 is 0 Å². The van der Waals surface area contributed by atoms with E-state index in [-0.39, 0.29) is 15.9 Å². The van der Waals surface area contributed by atoms with Crippen LogP contribution >= 0.6 is 46.4 Å². The van der Waals surface area contributed by atoms with Crippen LogP contribution in [0, 0.1) is 11.8 Å². The number of carbonyl (C=O) groups is 2. The van der Waals surface area contributed by atoms with Crippen molar-refractivity contribution in [3.05, 3.63) is 0 Å². The van der Waals surface area contributed by atoms with Gasteiger partial charge < -0.3 is 0 Å². The van der Waals surface area contributed by atoms with Crippen LogP contribution in [0.25, 0.3) is 0 Å². The van der Waals surface area contributed by atoms with Crippen LogP contribution < -0.4 is 0 Å². The largest absolute Gasteiger partial charge is 0.281 e. The minimum Gasteiger partial charge on any atom is -0.281 e. The Morgan fingerprint density at radius 2 is 1.37 bits per heavy atom. The molecule has 0 spiro atoms. The number of rotatable bonds is 4. The van der Waals surface area contributed by atoms with Crippen molar-refractivity contribution in [3.63, 3.8) is 0 Å². The third-order valence-electron chi connectivity index (χ3n) is 3.48. The summed E-state index contributed by atoms with van der Waals surface area (Å²) in [6.45, 7) is 0. The summed E-state index contributed by atoms with van der Waals surface area (Å²) in [7, 11) is 0. The number of hydrogen-bond donors (Lipinski definition) is 0. The van der Waals surface area contributed by atoms with Gasteiger partial charge in [0.1, 0.15) is 0 Å². The highest BCUT2D eigenvalue weighted by molar-refractivity contribution is 6.63. The van der Waals surface area contributed by atoms with E-state index in [1.54, 1.807) is 0 Å². The summed E-state index contributed by atoms with van der Waals surface area (Å²) >= 11 is 21.8. The monoisotopic (exact) mass is 346 g/mol. The minimum absolute atomic E-state index is 0.206. The van der Waals surface area contributed by atoms with Crippen molar-refractivity contribution in [2.45, 2.75) is 55.7 Å². The third kappa shape index (κ3) is 8.39. The lowest BCUT2D eigenvalue weighted by Gasteiger charge is -2.23. The smallest absolute Gasteiger partial charge is 0.221 e. The molecule has 2 fully saturated rings. The standard InChI is InChI=1S/C8H12Cl2O.C5H6Cl2O/c9-7-3-1-6(2-4-7)5-8(10)11;6-4-1-3(4)2-5(7)8/h6-7H,1-5H2;3-4H,1-2H2. The van der Waals surface area contributed by atoms with E-state index in [0.29, 0.717) is 30.1 Å². The number of alkyl halides is 2. The first-order valence-corrected chi connectivity index (χ1v) is 8.16. The first kappa shape index (κ1) is 17.6. The Morgan fingerprint density at radius 3 is 1.68 bits per heavy atom. The fourth-order valence-electron chi connectivity index (χ4n) is 2.18. The lowest BCUT2D eigenvalue weighted by atomic mass is 9.87. The maximum atomic E-state index is 10.5. The van der Waals surface area contributed by atoms with Gasteiger partial charge in [0.05, 0.1) is 0 Å². The fourth-order valence-corrected chi connectivity index (χ4v) is 3.17. The lowest BCUT2D eigenvalue weighted by Crippen LogP contribution is -2.15. The Kier molecular flexibility index (Phi) is 8.05. The van der Waals surface area contributed by atoms with Crippen LogP contribution in [-0.2, 0) is 9.59 Å². The summed E-state index contributed by atoms with van der Waals surface area (Å²) in [6.07, 6.45) is 6.15. The molecule has 2 saturated carbocycles. The van der Waals surface area contributed by atoms with Gasteiger partial charge in [-0.3, -0.25) is 9.59 Å². The van der Waals surface area contributed by atoms with E-state index < -0.39 is 0 Å². The maximum Gasteiger partial charge on any atom is 0.221 e. The summed E-state index contributed by atoms with van der Waals surface area (Å²) in [5.74, 6) is 0.872. The molecule has 0 aromatic rings. The number of halogens is 4. The van der Waals surface area contributed by atoms with Crippen LogP contribution in [0.2, 0.25) is 0 Å². The molecule has 6 heteroatoms. The molecule has 0 aromatic heterocycles. The van der Waals surface area contributed by atoms with Crippen LogP contribution in [0.5, 0.6) is 0 Å². The predicted molar refractivity (Wildman–Crippen MR) is 80.3 cm³/mol. The normalized spacial score (nSPS) is 33.1. The molecule has 19 heavy (non-hydrogen) atoms. The van der Waals surface area contributed by atoms with E-state index in [0.717, 1.165) is 32.1 Å². The summed E-state index contributed by atoms with van der Waals surface area (Å²) in [5.41, 5.74) is 0. The molecule has 2 aliphatic carbocycles. The van der Waals surface area contributed by atoms with E-state index in [4.69, 9.17) is 46.4 Å². The van der Waals surface area contributed by atoms with Gasteiger partial charge in [0.2, 0.25) is 10.5 Å². The van der Waals surface area contributed by atoms with Crippen LogP contribution in [0.1, 0.15) is 44.9 Å². The summed E-state index contributed by atoms with van der Waals surface area (Å²) in [6, 6.07) is 0. The van der Waals surface area contributed by atoms with Crippen molar-refractivity contribution < 1.29 is 9.59 Å². The minimum atomic E-state index is -0.266. The van der Waals surface area contributed by atoms with Gasteiger partial charge in [-0.2, -0.15) is 0 Å². The Hall–Kier alpha value is 0.500. The van der Waals surface area contributed by atoms with Gasteiger partial charge in [-0.1, -0.05) is 0 Å². The molecule has 0 aliphatic heterocycles. The molecule has 2 nitrogen and oxygen atoms in total. The van der Waals surface area contributed by atoms with Crippen molar-refractivity contribution in [3.8, 4) is 0 Å². The van der Waals surface area contributed by atoms with Gasteiger partial charge in [0.25, 0.3) is 0 Å². The Morgan fingerprint density at radius 1 is 0.895 bits per heavy atom. The Labute approximate surface area is 134 Å². The van der Waals surface area contributed by atoms with Crippen LogP contribution in [0.3, 0.4) is 0 Å². The molecular formula is C13H18Cl4O2. The third-order valence-corrected chi connectivity index (χ3v) is 4.76. The van der Waals surface area contributed by atoms with Crippen molar-refractivity contribution in [1.82, 2.24) is 0 Å². The SMILES string of the molecule is O=C(Cl)CC1CC1Cl.O=C(Cl)CC1CCC(Cl)CC1. The zero-order valence-corrected chi connectivity index (χ0v) is 13.6. The topological polar surface area (TPSA) is 34.1 Å². The average molecular weight is 348 g/mol. The summed E-state index contributed by atoms with van der Waals surface area (Å²) < 4.78 is 0. The molecule has 0 N–H and O–H groups in total. The van der Waals surface area contributed by atoms with Crippen LogP contribution in [0.4, 0.5) is 0 Å². The van der Waals surface area contributed by atoms with E-state index in [1.807, 2.05) is 0 Å². The quantitative estimate of drug-likeness (QED) is 0.545. The number of carbonyl (C=O) groups excluding carboxylic acids is 2. The van der Waals surface area contributed by atoms with Gasteiger partial charge in [-0.25, -0.2) is 0 Å². The molecule has 2 rings (SSSR count). The Bertz CT molecular complexity index is 314. The van der Waals surface area contributed by atoms with Gasteiger partial charge in [0, 0.05) is 23.6 Å². The van der Waals surface area contributed by atoms with E-state index in [9.17, 15) is 9.59 Å². The molecule has 0 radical (unpaired) electrons. The molecule has 0 aromatic carbocycles. The van der Waals surface area contributed by atoms with E-state index in [2.05, 4.69) is 0 Å². The highest BCUT2D eigenvalue weighted by Crippen LogP contribution is 2.39. The molecule has 2 aliphatic rings. The maximum absolute atomic E-state index is 10.5. The second-order valence-electron chi connectivity index (χ2n) is 5.25. The highest BCUT2D eigenvalue weighted by Gasteiger charge is 2.36. The zero-order chi connectivity index (χ0) is 14.4. The van der Waals surface area contributed by atoms with Crippen LogP contribution in [0.15, 0.2) is 0 Å².